The number of rotatable bonds is 3. The summed E-state index contributed by atoms with van der Waals surface area (Å²) in [6.07, 6.45) is 6.31. The van der Waals surface area contributed by atoms with Crippen molar-refractivity contribution in [3.05, 3.63) is 47.9 Å². The highest BCUT2D eigenvalue weighted by atomic mass is 15.3. The molecule has 4 heterocycles. The molecule has 2 fully saturated rings. The molecule has 5 rings (SSSR count). The van der Waals surface area contributed by atoms with Crippen LogP contribution in [0.3, 0.4) is 0 Å². The van der Waals surface area contributed by atoms with Gasteiger partial charge in [0.25, 0.3) is 0 Å². The lowest BCUT2D eigenvalue weighted by molar-refractivity contribution is 0.409. The summed E-state index contributed by atoms with van der Waals surface area (Å²) in [5.41, 5.74) is 5.46. The predicted molar refractivity (Wildman–Crippen MR) is 120 cm³/mol. The third-order valence-electron chi connectivity index (χ3n) is 6.67. The SMILES string of the molecule is Cc1nn(C)cc1-c1cnc(N2CCC3CNCC3CC2)nc1-c1ccc(C#N)cc1. The molecule has 2 atom stereocenters. The van der Waals surface area contributed by atoms with Gasteiger partial charge in [0.2, 0.25) is 5.95 Å². The summed E-state index contributed by atoms with van der Waals surface area (Å²) < 4.78 is 1.82. The van der Waals surface area contributed by atoms with Crippen molar-refractivity contribution in [3.63, 3.8) is 0 Å². The van der Waals surface area contributed by atoms with E-state index < -0.39 is 0 Å². The van der Waals surface area contributed by atoms with Gasteiger partial charge >= 0.3 is 0 Å². The van der Waals surface area contributed by atoms with Crippen molar-refractivity contribution in [1.82, 2.24) is 25.1 Å². The first-order valence-corrected chi connectivity index (χ1v) is 11.0. The molecule has 7 nitrogen and oxygen atoms in total. The molecule has 3 aromatic rings. The van der Waals surface area contributed by atoms with Gasteiger partial charge in [-0.2, -0.15) is 10.4 Å². The molecule has 1 N–H and O–H groups in total. The van der Waals surface area contributed by atoms with E-state index in [4.69, 9.17) is 9.97 Å². The van der Waals surface area contributed by atoms with E-state index in [0.717, 1.165) is 72.0 Å². The van der Waals surface area contributed by atoms with Crippen molar-refractivity contribution in [2.75, 3.05) is 31.1 Å². The quantitative estimate of drug-likeness (QED) is 0.710. The molecule has 2 unspecified atom stereocenters. The number of anilines is 1. The van der Waals surface area contributed by atoms with Crippen molar-refractivity contribution in [2.24, 2.45) is 18.9 Å². The monoisotopic (exact) mass is 413 g/mol. The fraction of sp³-hybridized carbons (Fsp3) is 0.417. The molecule has 2 saturated heterocycles. The van der Waals surface area contributed by atoms with Crippen molar-refractivity contribution >= 4 is 5.95 Å². The van der Waals surface area contributed by atoms with E-state index in [1.54, 1.807) is 0 Å². The number of hydrogen-bond donors (Lipinski definition) is 1. The zero-order chi connectivity index (χ0) is 21.4. The largest absolute Gasteiger partial charge is 0.341 e. The minimum Gasteiger partial charge on any atom is -0.341 e. The van der Waals surface area contributed by atoms with Gasteiger partial charge in [0.15, 0.2) is 0 Å². The minimum atomic E-state index is 0.643. The molecule has 31 heavy (non-hydrogen) atoms. The van der Waals surface area contributed by atoms with Gasteiger partial charge in [0.05, 0.1) is 23.0 Å². The summed E-state index contributed by atoms with van der Waals surface area (Å²) in [7, 11) is 1.93. The van der Waals surface area contributed by atoms with Crippen LogP contribution in [0.5, 0.6) is 0 Å². The standard InChI is InChI=1S/C24H27N7/c1-16-22(15-30(2)29-16)21-14-27-24(28-23(21)18-5-3-17(11-25)4-6-18)31-9-7-19-12-26-13-20(19)8-10-31/h3-6,14-15,19-20,26H,7-10,12-13H2,1-2H3. The average molecular weight is 414 g/mol. The Hall–Kier alpha value is -3.24. The Morgan fingerprint density at radius 1 is 1.06 bits per heavy atom. The average Bonchev–Trinajstić information content (AvgIpc) is 3.32. The topological polar surface area (TPSA) is 82.7 Å². The molecule has 0 radical (unpaired) electrons. The van der Waals surface area contributed by atoms with Crippen LogP contribution in [0.25, 0.3) is 22.4 Å². The van der Waals surface area contributed by atoms with E-state index in [1.807, 2.05) is 55.3 Å². The summed E-state index contributed by atoms with van der Waals surface area (Å²) in [6.45, 7) is 6.25. The number of nitriles is 1. The maximum absolute atomic E-state index is 9.18. The maximum atomic E-state index is 9.18. The summed E-state index contributed by atoms with van der Waals surface area (Å²) >= 11 is 0. The lowest BCUT2D eigenvalue weighted by Gasteiger charge is -2.22. The van der Waals surface area contributed by atoms with Crippen LogP contribution in [-0.4, -0.2) is 45.9 Å². The van der Waals surface area contributed by atoms with Crippen LogP contribution in [-0.2, 0) is 7.05 Å². The highest BCUT2D eigenvalue weighted by molar-refractivity contribution is 5.81. The Kier molecular flexibility index (Phi) is 5.16. The lowest BCUT2D eigenvalue weighted by Crippen LogP contribution is -2.27. The maximum Gasteiger partial charge on any atom is 0.225 e. The molecule has 0 bridgehead atoms. The van der Waals surface area contributed by atoms with Crippen molar-refractivity contribution in [3.8, 4) is 28.5 Å². The van der Waals surface area contributed by atoms with Crippen LogP contribution in [0.1, 0.15) is 24.1 Å². The zero-order valence-electron chi connectivity index (χ0n) is 18.0. The first-order chi connectivity index (χ1) is 15.1. The van der Waals surface area contributed by atoms with Gasteiger partial charge in [-0.25, -0.2) is 9.97 Å². The number of nitrogens with zero attached hydrogens (tertiary/aromatic N) is 6. The second-order valence-corrected chi connectivity index (χ2v) is 8.67. The molecule has 2 aromatic heterocycles. The van der Waals surface area contributed by atoms with Crippen molar-refractivity contribution in [2.45, 2.75) is 19.8 Å². The van der Waals surface area contributed by atoms with E-state index in [2.05, 4.69) is 21.4 Å². The Balaban J connectivity index is 1.55. The minimum absolute atomic E-state index is 0.643. The van der Waals surface area contributed by atoms with Gasteiger partial charge in [0.1, 0.15) is 0 Å². The normalized spacial score (nSPS) is 20.9. The molecule has 2 aliphatic heterocycles. The number of aromatic nitrogens is 4. The highest BCUT2D eigenvalue weighted by Crippen LogP contribution is 2.34. The second kappa shape index (κ2) is 8.12. The van der Waals surface area contributed by atoms with Crippen LogP contribution < -0.4 is 10.2 Å². The van der Waals surface area contributed by atoms with Crippen LogP contribution in [0.4, 0.5) is 5.95 Å². The van der Waals surface area contributed by atoms with E-state index in [1.165, 1.54) is 12.8 Å². The van der Waals surface area contributed by atoms with Crippen molar-refractivity contribution in [1.29, 1.82) is 5.26 Å². The third-order valence-corrected chi connectivity index (χ3v) is 6.67. The molecule has 0 spiro atoms. The second-order valence-electron chi connectivity index (χ2n) is 8.67. The first-order valence-electron chi connectivity index (χ1n) is 11.0. The molecule has 2 aliphatic rings. The molecular weight excluding hydrogens is 386 g/mol. The Morgan fingerprint density at radius 3 is 2.39 bits per heavy atom. The Labute approximate surface area is 182 Å². The van der Waals surface area contributed by atoms with Gasteiger partial charge in [-0.1, -0.05) is 12.1 Å². The van der Waals surface area contributed by atoms with Gasteiger partial charge in [0, 0.05) is 49.2 Å². The molecule has 0 saturated carbocycles. The van der Waals surface area contributed by atoms with E-state index >= 15 is 0 Å². The molecular formula is C24H27N7. The van der Waals surface area contributed by atoms with Gasteiger partial charge in [-0.15, -0.1) is 0 Å². The van der Waals surface area contributed by atoms with Crippen LogP contribution in [0, 0.1) is 30.1 Å². The van der Waals surface area contributed by atoms with Crippen LogP contribution >= 0.6 is 0 Å². The number of benzene rings is 1. The highest BCUT2D eigenvalue weighted by Gasteiger charge is 2.31. The molecule has 1 aromatic carbocycles. The Bertz CT molecular complexity index is 1110. The predicted octanol–water partition coefficient (Wildman–Crippen LogP) is 3.16. The number of aryl methyl sites for hydroxylation is 2. The summed E-state index contributed by atoms with van der Waals surface area (Å²) in [4.78, 5) is 12.2. The van der Waals surface area contributed by atoms with Crippen molar-refractivity contribution < 1.29 is 0 Å². The number of fused-ring (bicyclic) bond motifs is 1. The smallest absolute Gasteiger partial charge is 0.225 e. The lowest BCUT2D eigenvalue weighted by atomic mass is 9.92. The van der Waals surface area contributed by atoms with Gasteiger partial charge in [-0.3, -0.25) is 4.68 Å². The van der Waals surface area contributed by atoms with Crippen LogP contribution in [0.2, 0.25) is 0 Å². The number of nitrogens with one attached hydrogen (secondary N) is 1. The summed E-state index contributed by atoms with van der Waals surface area (Å²) in [6, 6.07) is 9.82. The summed E-state index contributed by atoms with van der Waals surface area (Å²) in [5, 5.41) is 17.2. The van der Waals surface area contributed by atoms with Gasteiger partial charge in [-0.05, 0) is 56.8 Å². The van der Waals surface area contributed by atoms with E-state index in [9.17, 15) is 5.26 Å². The first kappa shape index (κ1) is 19.7. The Morgan fingerprint density at radius 2 is 1.77 bits per heavy atom. The van der Waals surface area contributed by atoms with E-state index in [-0.39, 0.29) is 0 Å². The molecule has 0 aliphatic carbocycles. The molecule has 7 heteroatoms. The fourth-order valence-corrected chi connectivity index (χ4v) is 4.93. The van der Waals surface area contributed by atoms with E-state index in [0.29, 0.717) is 5.56 Å². The van der Waals surface area contributed by atoms with Crippen LogP contribution in [0.15, 0.2) is 36.7 Å². The summed E-state index contributed by atoms with van der Waals surface area (Å²) in [5.74, 6) is 2.32. The van der Waals surface area contributed by atoms with Gasteiger partial charge < -0.3 is 10.2 Å². The zero-order valence-corrected chi connectivity index (χ0v) is 18.0. The molecule has 0 amide bonds. The third kappa shape index (κ3) is 3.79. The number of hydrogen-bond acceptors (Lipinski definition) is 6. The molecule has 158 valence electrons. The fourth-order valence-electron chi connectivity index (χ4n) is 4.93.